The van der Waals surface area contributed by atoms with Crippen LogP contribution in [0.3, 0.4) is 0 Å². The normalized spacial score (nSPS) is 11.3. The maximum Gasteiger partial charge on any atom is 0.216 e. The van der Waals surface area contributed by atoms with Gasteiger partial charge in [-0.1, -0.05) is 60.2 Å². The summed E-state index contributed by atoms with van der Waals surface area (Å²) in [7, 11) is 0. The lowest BCUT2D eigenvalue weighted by atomic mass is 10.1. The Labute approximate surface area is 161 Å². The van der Waals surface area contributed by atoms with Crippen molar-refractivity contribution in [2.24, 2.45) is 5.10 Å². The molecule has 1 N–H and O–H groups in total. The van der Waals surface area contributed by atoms with Crippen LogP contribution in [0.15, 0.2) is 72.2 Å². The molecule has 27 heavy (non-hydrogen) atoms. The Balaban J connectivity index is 1.72. The predicted molar refractivity (Wildman–Crippen MR) is 108 cm³/mol. The lowest BCUT2D eigenvalue weighted by molar-refractivity contribution is 0.689. The fraction of sp³-hybridized carbons (Fsp3) is 0.100. The van der Waals surface area contributed by atoms with E-state index in [0.29, 0.717) is 11.3 Å². The van der Waals surface area contributed by atoms with Crippen LogP contribution >= 0.6 is 12.2 Å². The molecule has 0 fully saturated rings. The van der Waals surface area contributed by atoms with E-state index >= 15 is 0 Å². The van der Waals surface area contributed by atoms with Gasteiger partial charge in [0.05, 0.1) is 12.8 Å². The Kier molecular flexibility index (Phi) is 4.76. The van der Waals surface area contributed by atoms with Crippen molar-refractivity contribution in [1.82, 2.24) is 24.7 Å². The van der Waals surface area contributed by atoms with Crippen molar-refractivity contribution in [3.8, 4) is 11.3 Å². The van der Waals surface area contributed by atoms with Crippen LogP contribution in [-0.2, 0) is 6.54 Å². The van der Waals surface area contributed by atoms with Crippen LogP contribution in [0.5, 0.6) is 0 Å². The Hall–Kier alpha value is -3.32. The van der Waals surface area contributed by atoms with E-state index in [1.165, 1.54) is 15.8 Å². The summed E-state index contributed by atoms with van der Waals surface area (Å²) >= 11 is 5.14. The van der Waals surface area contributed by atoms with Crippen LogP contribution < -0.4 is 0 Å². The summed E-state index contributed by atoms with van der Waals surface area (Å²) in [5.74, 6) is 0. The highest BCUT2D eigenvalue weighted by atomic mass is 32.1. The van der Waals surface area contributed by atoms with E-state index in [1.807, 2.05) is 29.1 Å². The first-order valence-electron chi connectivity index (χ1n) is 8.54. The molecule has 0 spiro atoms. The molecular weight excluding hydrogens is 356 g/mol. The third kappa shape index (κ3) is 3.93. The van der Waals surface area contributed by atoms with Gasteiger partial charge < -0.3 is 0 Å². The molecule has 0 amide bonds. The first-order chi connectivity index (χ1) is 13.2. The third-order valence-electron chi connectivity index (χ3n) is 4.16. The Morgan fingerprint density at radius 2 is 1.89 bits per heavy atom. The van der Waals surface area contributed by atoms with Gasteiger partial charge in [0, 0.05) is 17.3 Å². The van der Waals surface area contributed by atoms with Crippen molar-refractivity contribution < 1.29 is 0 Å². The van der Waals surface area contributed by atoms with Crippen LogP contribution in [0.1, 0.15) is 16.7 Å². The van der Waals surface area contributed by atoms with Gasteiger partial charge in [0.15, 0.2) is 0 Å². The van der Waals surface area contributed by atoms with Gasteiger partial charge in [-0.3, -0.25) is 9.78 Å². The third-order valence-corrected chi connectivity index (χ3v) is 4.44. The summed E-state index contributed by atoms with van der Waals surface area (Å²) in [6, 6.07) is 18.6. The summed E-state index contributed by atoms with van der Waals surface area (Å²) in [4.78, 5) is 0. The number of nitrogens with one attached hydrogen (secondary N) is 1. The molecule has 0 bridgehead atoms. The maximum atomic E-state index is 5.14. The number of rotatable bonds is 5. The molecule has 0 unspecified atom stereocenters. The molecule has 2 heterocycles. The van der Waals surface area contributed by atoms with Crippen molar-refractivity contribution >= 4 is 18.4 Å². The lowest BCUT2D eigenvalue weighted by Crippen LogP contribution is -2.00. The molecule has 7 heteroatoms. The summed E-state index contributed by atoms with van der Waals surface area (Å²) in [6.07, 6.45) is 5.29. The minimum Gasteiger partial charge on any atom is -0.267 e. The molecule has 134 valence electrons. The number of aromatic amines is 1. The molecule has 0 saturated heterocycles. The first-order valence-corrected chi connectivity index (χ1v) is 8.95. The van der Waals surface area contributed by atoms with Gasteiger partial charge in [-0.15, -0.1) is 0 Å². The van der Waals surface area contributed by atoms with Gasteiger partial charge in [0.25, 0.3) is 0 Å². The molecular formula is C20H18N6S. The van der Waals surface area contributed by atoms with Crippen LogP contribution in [-0.4, -0.2) is 30.9 Å². The Morgan fingerprint density at radius 1 is 1.11 bits per heavy atom. The van der Waals surface area contributed by atoms with E-state index in [4.69, 9.17) is 17.3 Å². The second-order valence-corrected chi connectivity index (χ2v) is 6.62. The molecule has 2 aromatic carbocycles. The average Bonchev–Trinajstić information content (AvgIpc) is 3.27. The molecule has 0 atom stereocenters. The predicted octanol–water partition coefficient (Wildman–Crippen LogP) is 4.04. The highest BCUT2D eigenvalue weighted by molar-refractivity contribution is 7.71. The quantitative estimate of drug-likeness (QED) is 0.423. The topological polar surface area (TPSA) is 63.8 Å². The van der Waals surface area contributed by atoms with Gasteiger partial charge in [-0.2, -0.15) is 20.0 Å². The summed E-state index contributed by atoms with van der Waals surface area (Å²) in [6.45, 7) is 2.76. The van der Waals surface area contributed by atoms with E-state index in [2.05, 4.69) is 58.6 Å². The number of hydrogen-bond donors (Lipinski definition) is 1. The fourth-order valence-electron chi connectivity index (χ4n) is 2.77. The zero-order valence-electron chi connectivity index (χ0n) is 14.8. The molecule has 6 nitrogen and oxygen atoms in total. The van der Waals surface area contributed by atoms with Crippen molar-refractivity contribution in [2.45, 2.75) is 13.5 Å². The summed E-state index contributed by atoms with van der Waals surface area (Å²) < 4.78 is 3.89. The minimum atomic E-state index is 0.444. The number of nitrogens with zero attached hydrogens (tertiary/aromatic N) is 5. The van der Waals surface area contributed by atoms with Gasteiger partial charge in [-0.05, 0) is 24.7 Å². The van der Waals surface area contributed by atoms with E-state index in [-0.39, 0.29) is 0 Å². The zero-order valence-corrected chi connectivity index (χ0v) is 15.6. The zero-order chi connectivity index (χ0) is 18.6. The average molecular weight is 374 g/mol. The van der Waals surface area contributed by atoms with Crippen molar-refractivity contribution in [2.75, 3.05) is 0 Å². The van der Waals surface area contributed by atoms with Gasteiger partial charge in [0.2, 0.25) is 4.77 Å². The standard InChI is InChI=1S/C20H18N6S/c1-15-7-9-17(10-8-15)19-18(11-22-26-14-21-23-20(26)27)13-25(24-19)12-16-5-3-2-4-6-16/h2-11,13-14H,12H2,1H3,(H,23,27)/b22-11-. The van der Waals surface area contributed by atoms with Crippen molar-refractivity contribution in [3.63, 3.8) is 0 Å². The Bertz CT molecular complexity index is 1120. The highest BCUT2D eigenvalue weighted by Gasteiger charge is 2.10. The summed E-state index contributed by atoms with van der Waals surface area (Å²) in [5, 5.41) is 15.8. The van der Waals surface area contributed by atoms with E-state index < -0.39 is 0 Å². The molecule has 0 aliphatic rings. The molecule has 2 aromatic heterocycles. The number of H-pyrrole nitrogens is 1. The van der Waals surface area contributed by atoms with Gasteiger partial charge in [-0.25, -0.2) is 0 Å². The van der Waals surface area contributed by atoms with Crippen LogP contribution in [0, 0.1) is 11.7 Å². The second kappa shape index (κ2) is 7.51. The first kappa shape index (κ1) is 17.1. The van der Waals surface area contributed by atoms with Crippen molar-refractivity contribution in [1.29, 1.82) is 0 Å². The number of aryl methyl sites for hydroxylation is 1. The minimum absolute atomic E-state index is 0.444. The summed E-state index contributed by atoms with van der Waals surface area (Å²) in [5.41, 5.74) is 5.24. The highest BCUT2D eigenvalue weighted by Crippen LogP contribution is 2.22. The van der Waals surface area contributed by atoms with E-state index in [9.17, 15) is 0 Å². The van der Waals surface area contributed by atoms with Crippen molar-refractivity contribution in [3.05, 3.63) is 88.6 Å². The maximum absolute atomic E-state index is 5.14. The monoisotopic (exact) mass is 374 g/mol. The molecule has 0 aliphatic heterocycles. The van der Waals surface area contributed by atoms with E-state index in [0.717, 1.165) is 16.8 Å². The molecule has 0 aliphatic carbocycles. The van der Waals surface area contributed by atoms with Gasteiger partial charge in [0.1, 0.15) is 12.0 Å². The largest absolute Gasteiger partial charge is 0.267 e. The smallest absolute Gasteiger partial charge is 0.216 e. The number of aromatic nitrogens is 5. The second-order valence-electron chi connectivity index (χ2n) is 6.23. The molecule has 0 radical (unpaired) electrons. The molecule has 0 saturated carbocycles. The number of benzene rings is 2. The van der Waals surface area contributed by atoms with E-state index in [1.54, 1.807) is 12.5 Å². The SMILES string of the molecule is Cc1ccc(-c2nn(Cc3ccccc3)cc2/C=N\n2cn[nH]c2=S)cc1. The Morgan fingerprint density at radius 3 is 2.59 bits per heavy atom. The van der Waals surface area contributed by atoms with Crippen LogP contribution in [0.2, 0.25) is 0 Å². The lowest BCUT2D eigenvalue weighted by Gasteiger charge is -2.02. The van der Waals surface area contributed by atoms with Crippen LogP contribution in [0.4, 0.5) is 0 Å². The molecule has 4 aromatic rings. The van der Waals surface area contributed by atoms with Crippen LogP contribution in [0.25, 0.3) is 11.3 Å². The fourth-order valence-corrected chi connectivity index (χ4v) is 2.91. The number of hydrogen-bond acceptors (Lipinski definition) is 4. The van der Waals surface area contributed by atoms with Gasteiger partial charge >= 0.3 is 0 Å². The molecule has 4 rings (SSSR count).